The first kappa shape index (κ1) is 24.6. The van der Waals surface area contributed by atoms with Crippen LogP contribution in [0.3, 0.4) is 0 Å². The van der Waals surface area contributed by atoms with Crippen LogP contribution in [0.25, 0.3) is 0 Å². The molecule has 0 spiro atoms. The van der Waals surface area contributed by atoms with E-state index in [4.69, 9.17) is 4.42 Å². The van der Waals surface area contributed by atoms with Gasteiger partial charge >= 0.3 is 5.97 Å². The Hall–Kier alpha value is -2.57. The first-order valence-electron chi connectivity index (χ1n) is 11.3. The van der Waals surface area contributed by atoms with Gasteiger partial charge in [0.15, 0.2) is 5.69 Å². The summed E-state index contributed by atoms with van der Waals surface area (Å²) < 4.78 is 5.50. The Morgan fingerprint density at radius 2 is 2.00 bits per heavy atom. The number of thioether (sulfide) groups is 1. The van der Waals surface area contributed by atoms with Crippen LogP contribution in [-0.4, -0.2) is 97.6 Å². The number of oxazole rings is 1. The predicted octanol–water partition coefficient (Wildman–Crippen LogP) is 0.593. The predicted molar refractivity (Wildman–Crippen MR) is 123 cm³/mol. The van der Waals surface area contributed by atoms with E-state index < -0.39 is 18.0 Å². The van der Waals surface area contributed by atoms with E-state index in [2.05, 4.69) is 4.98 Å². The highest BCUT2D eigenvalue weighted by Gasteiger charge is 2.60. The molecule has 4 heterocycles. The number of anilines is 1. The second kappa shape index (κ2) is 9.23. The number of carboxylic acids is 1. The molecule has 4 atom stereocenters. The maximum atomic E-state index is 12.7. The Morgan fingerprint density at radius 3 is 2.56 bits per heavy atom. The first-order valence-corrected chi connectivity index (χ1v) is 12.2. The van der Waals surface area contributed by atoms with Crippen LogP contribution in [0.15, 0.2) is 21.3 Å². The summed E-state index contributed by atoms with van der Waals surface area (Å²) in [7, 11) is 0. The second-order valence-electron chi connectivity index (χ2n) is 9.25. The smallest absolute Gasteiger partial charge is 0.353 e. The Labute approximate surface area is 201 Å². The average Bonchev–Trinajstić information content (AvgIpc) is 3.29. The molecular weight excluding hydrogens is 464 g/mol. The molecule has 12 heteroatoms. The number of carbonyl (C=O) groups is 3. The molecule has 0 unspecified atom stereocenters. The molecule has 2 amide bonds. The van der Waals surface area contributed by atoms with E-state index >= 15 is 0 Å². The molecule has 1 aromatic rings. The average molecular weight is 495 g/mol. The summed E-state index contributed by atoms with van der Waals surface area (Å²) in [5, 5.41) is 29.0. The number of carboxylic acid groups (broad SMARTS) is 1. The minimum Gasteiger partial charge on any atom is -0.477 e. The van der Waals surface area contributed by atoms with Gasteiger partial charge in [-0.05, 0) is 20.8 Å². The Balaban J connectivity index is 1.41. The number of β-lactam (4-membered cyclic amide) rings is 1. The summed E-state index contributed by atoms with van der Waals surface area (Å²) in [5.41, 5.74) is 0.185. The van der Waals surface area contributed by atoms with E-state index in [9.17, 15) is 29.7 Å². The van der Waals surface area contributed by atoms with Gasteiger partial charge in [0.2, 0.25) is 5.91 Å². The second-order valence-corrected chi connectivity index (χ2v) is 10.6. The SMILES string of the molecule is CC(C)N(CCO)C(=O)c1coc(N2CC(SC3=C(C(=O)O)N4C(=O)[C@H]([C@@H](C)O)[C@H]4[C@H]3C)C2)n1. The molecule has 4 rings (SSSR count). The molecular formula is C22H30N4O7S. The molecule has 2 saturated heterocycles. The van der Waals surface area contributed by atoms with E-state index in [0.717, 1.165) is 0 Å². The number of hydrogen-bond acceptors (Lipinski definition) is 9. The number of hydrogen-bond donors (Lipinski definition) is 3. The zero-order valence-corrected chi connectivity index (χ0v) is 20.4. The third-order valence-electron chi connectivity index (χ3n) is 6.66. The van der Waals surface area contributed by atoms with Crippen LogP contribution in [-0.2, 0) is 9.59 Å². The van der Waals surface area contributed by atoms with Crippen molar-refractivity contribution in [2.45, 2.75) is 51.1 Å². The van der Waals surface area contributed by atoms with Crippen molar-refractivity contribution in [2.75, 3.05) is 31.1 Å². The highest BCUT2D eigenvalue weighted by atomic mass is 32.2. The van der Waals surface area contributed by atoms with Crippen molar-refractivity contribution in [3.63, 3.8) is 0 Å². The van der Waals surface area contributed by atoms with Gasteiger partial charge in [0, 0.05) is 41.7 Å². The van der Waals surface area contributed by atoms with E-state index in [-0.39, 0.29) is 59.6 Å². The van der Waals surface area contributed by atoms with Crippen molar-refractivity contribution in [3.8, 4) is 0 Å². The maximum absolute atomic E-state index is 12.7. The molecule has 3 aliphatic heterocycles. The monoisotopic (exact) mass is 494 g/mol. The van der Waals surface area contributed by atoms with Crippen LogP contribution in [0.1, 0.15) is 38.2 Å². The van der Waals surface area contributed by atoms with Gasteiger partial charge < -0.3 is 34.4 Å². The van der Waals surface area contributed by atoms with E-state index in [0.29, 0.717) is 24.0 Å². The number of fused-ring (bicyclic) bond motifs is 1. The van der Waals surface area contributed by atoms with Crippen molar-refractivity contribution in [2.24, 2.45) is 11.8 Å². The van der Waals surface area contributed by atoms with E-state index in [1.807, 2.05) is 25.7 Å². The van der Waals surface area contributed by atoms with Gasteiger partial charge in [-0.15, -0.1) is 11.8 Å². The molecule has 3 aliphatic rings. The maximum Gasteiger partial charge on any atom is 0.353 e. The summed E-state index contributed by atoms with van der Waals surface area (Å²) in [6.45, 7) is 8.32. The lowest BCUT2D eigenvalue weighted by molar-refractivity contribution is -0.163. The van der Waals surface area contributed by atoms with Gasteiger partial charge in [-0.1, -0.05) is 6.92 Å². The van der Waals surface area contributed by atoms with Crippen LogP contribution >= 0.6 is 11.8 Å². The molecule has 0 aromatic carbocycles. The molecule has 34 heavy (non-hydrogen) atoms. The van der Waals surface area contributed by atoms with Gasteiger partial charge in [-0.25, -0.2) is 4.79 Å². The lowest BCUT2D eigenvalue weighted by atomic mass is 9.79. The minimum absolute atomic E-state index is 0.0181. The fourth-order valence-corrected chi connectivity index (χ4v) is 6.40. The highest BCUT2D eigenvalue weighted by Crippen LogP contribution is 2.52. The summed E-state index contributed by atoms with van der Waals surface area (Å²) in [5.74, 6) is -2.56. The summed E-state index contributed by atoms with van der Waals surface area (Å²) in [6.07, 6.45) is 0.475. The van der Waals surface area contributed by atoms with Crippen LogP contribution in [0.2, 0.25) is 0 Å². The summed E-state index contributed by atoms with van der Waals surface area (Å²) >= 11 is 1.44. The van der Waals surface area contributed by atoms with Gasteiger partial charge in [-0.2, -0.15) is 4.98 Å². The molecule has 0 aliphatic carbocycles. The number of rotatable bonds is 9. The highest BCUT2D eigenvalue weighted by molar-refractivity contribution is 8.03. The van der Waals surface area contributed by atoms with Crippen molar-refractivity contribution < 1.29 is 34.1 Å². The lowest BCUT2D eigenvalue weighted by Crippen LogP contribution is -2.63. The quantitative estimate of drug-likeness (QED) is 0.417. The van der Waals surface area contributed by atoms with Gasteiger partial charge in [-0.3, -0.25) is 9.59 Å². The number of aromatic nitrogens is 1. The zero-order valence-electron chi connectivity index (χ0n) is 19.5. The normalized spacial score (nSPS) is 25.4. The van der Waals surface area contributed by atoms with Gasteiger partial charge in [0.05, 0.1) is 24.7 Å². The van der Waals surface area contributed by atoms with Crippen LogP contribution in [0.5, 0.6) is 0 Å². The standard InChI is InChI=1S/C22H30N4O7S/c1-10(2)25(5-6-27)19(29)14-9-33-22(23-14)24-7-13(8-24)34-18-11(3)16-15(12(4)28)20(30)26(16)17(18)21(31)32/h9-13,15-16,27-28H,5-8H2,1-4H3,(H,31,32)/t11-,12-,15-,16-/m1/s1. The number of aliphatic hydroxyl groups is 2. The fourth-order valence-electron chi connectivity index (χ4n) is 4.88. The van der Waals surface area contributed by atoms with E-state index in [1.54, 1.807) is 6.92 Å². The van der Waals surface area contributed by atoms with Crippen molar-refractivity contribution in [1.29, 1.82) is 0 Å². The van der Waals surface area contributed by atoms with Crippen LogP contribution in [0.4, 0.5) is 6.01 Å². The molecule has 0 radical (unpaired) electrons. The van der Waals surface area contributed by atoms with Crippen LogP contribution in [0, 0.1) is 11.8 Å². The molecule has 2 fully saturated rings. The van der Waals surface area contributed by atoms with E-state index in [1.165, 1.54) is 27.8 Å². The molecule has 1 aromatic heterocycles. The number of amides is 2. The van der Waals surface area contributed by atoms with Gasteiger partial charge in [0.1, 0.15) is 12.0 Å². The molecule has 3 N–H and O–H groups in total. The Kier molecular flexibility index (Phi) is 6.67. The summed E-state index contributed by atoms with van der Waals surface area (Å²) in [6, 6.07) is -0.116. The molecule has 0 bridgehead atoms. The van der Waals surface area contributed by atoms with Gasteiger partial charge in [0.25, 0.3) is 11.9 Å². The first-order chi connectivity index (χ1) is 16.1. The molecule has 11 nitrogen and oxygen atoms in total. The number of carbonyl (C=O) groups excluding carboxylic acids is 2. The fraction of sp³-hybridized carbons (Fsp3) is 0.636. The molecule has 0 saturated carbocycles. The number of aliphatic hydroxyl groups excluding tert-OH is 2. The Bertz CT molecular complexity index is 1020. The Morgan fingerprint density at radius 1 is 1.32 bits per heavy atom. The lowest BCUT2D eigenvalue weighted by Gasteiger charge is -2.46. The third kappa shape index (κ3) is 3.97. The zero-order chi connectivity index (χ0) is 24.9. The van der Waals surface area contributed by atoms with Crippen molar-refractivity contribution in [1.82, 2.24) is 14.8 Å². The van der Waals surface area contributed by atoms with Crippen molar-refractivity contribution >= 4 is 35.6 Å². The number of aliphatic carboxylic acids is 1. The molecule has 186 valence electrons. The van der Waals surface area contributed by atoms with Crippen LogP contribution < -0.4 is 4.90 Å². The largest absolute Gasteiger partial charge is 0.477 e. The topological polar surface area (TPSA) is 148 Å². The minimum atomic E-state index is -1.14. The van der Waals surface area contributed by atoms with Crippen molar-refractivity contribution in [3.05, 3.63) is 22.6 Å². The third-order valence-corrected chi connectivity index (χ3v) is 8.11. The number of nitrogens with zero attached hydrogens (tertiary/aromatic N) is 4. The summed E-state index contributed by atoms with van der Waals surface area (Å²) in [4.78, 5) is 46.7.